The van der Waals surface area contributed by atoms with E-state index in [0.717, 1.165) is 50.3 Å². The van der Waals surface area contributed by atoms with E-state index in [-0.39, 0.29) is 23.7 Å². The van der Waals surface area contributed by atoms with Gasteiger partial charge in [-0.1, -0.05) is 30.3 Å². The number of amides is 1. The second-order valence-corrected chi connectivity index (χ2v) is 13.6. The molecule has 9 rings (SSSR count). The smallest absolute Gasteiger partial charge is 0.388 e. The van der Waals surface area contributed by atoms with Crippen molar-refractivity contribution in [1.82, 2.24) is 29.6 Å². The predicted octanol–water partition coefficient (Wildman–Crippen LogP) is 7.00. The van der Waals surface area contributed by atoms with Gasteiger partial charge in [0, 0.05) is 53.8 Å². The zero-order chi connectivity index (χ0) is 32.5. The first kappa shape index (κ1) is 28.8. The summed E-state index contributed by atoms with van der Waals surface area (Å²) in [6.45, 7) is 0.669. The Bertz CT molecular complexity index is 2460. The summed E-state index contributed by atoms with van der Waals surface area (Å²) in [6, 6.07) is 18.8. The van der Waals surface area contributed by atoms with Crippen molar-refractivity contribution >= 4 is 38.2 Å². The van der Waals surface area contributed by atoms with E-state index in [2.05, 4.69) is 52.3 Å². The molecular weight excluding hydrogens is 628 g/mol. The number of rotatable bonds is 7. The van der Waals surface area contributed by atoms with E-state index in [9.17, 15) is 14.0 Å². The fraction of sp³-hybridized carbons (Fsp3) is 0.216. The molecule has 0 bridgehead atoms. The molecule has 1 N–H and O–H groups in total. The summed E-state index contributed by atoms with van der Waals surface area (Å²) in [4.78, 5) is 39.2. The highest BCUT2D eigenvalue weighted by Crippen LogP contribution is 2.50. The van der Waals surface area contributed by atoms with Crippen LogP contribution in [0, 0.1) is 5.82 Å². The summed E-state index contributed by atoms with van der Waals surface area (Å²) in [7, 11) is 2.05. The second-order valence-electron chi connectivity index (χ2n) is 12.5. The lowest BCUT2D eigenvalue weighted by atomic mass is 9.93. The van der Waals surface area contributed by atoms with Gasteiger partial charge in [0.2, 0.25) is 0 Å². The maximum absolute atomic E-state index is 14.2. The number of nitrogens with zero attached hydrogens (tertiary/aromatic N) is 5. The van der Waals surface area contributed by atoms with Gasteiger partial charge in [0.05, 0.1) is 39.0 Å². The molecule has 9 nitrogen and oxygen atoms in total. The number of fused-ring (bicyclic) bond motifs is 5. The summed E-state index contributed by atoms with van der Waals surface area (Å²) in [6.07, 6.45) is 7.43. The van der Waals surface area contributed by atoms with Crippen LogP contribution >= 0.6 is 11.3 Å². The first-order chi connectivity index (χ1) is 23.4. The first-order valence-corrected chi connectivity index (χ1v) is 16.8. The largest absolute Gasteiger partial charge is 0.434 e. The van der Waals surface area contributed by atoms with Crippen molar-refractivity contribution in [2.75, 3.05) is 6.54 Å². The Kier molecular flexibility index (Phi) is 6.65. The Morgan fingerprint density at radius 2 is 1.88 bits per heavy atom. The molecule has 0 saturated carbocycles. The van der Waals surface area contributed by atoms with Crippen LogP contribution < -0.4 is 5.76 Å². The van der Waals surface area contributed by atoms with Gasteiger partial charge in [-0.05, 0) is 72.5 Å². The molecule has 2 aliphatic rings. The SMILES string of the molecule is Cn1cc(Cc2nccc3cc(-c4c5c(nc(CCc6ccc(F)cc6)c4-c4n[nH]c(=O)o4)[C@H]4CCCN4C5=O)sc23)c2ccccc21. The Morgan fingerprint density at radius 3 is 2.71 bits per heavy atom. The quantitative estimate of drug-likeness (QED) is 0.198. The number of hydrogen-bond donors (Lipinski definition) is 1. The van der Waals surface area contributed by atoms with Gasteiger partial charge < -0.3 is 13.9 Å². The molecule has 7 heterocycles. The molecule has 0 aliphatic carbocycles. The number of aromatic nitrogens is 5. The van der Waals surface area contributed by atoms with Gasteiger partial charge in [0.15, 0.2) is 0 Å². The number of para-hydroxylation sites is 1. The molecule has 0 spiro atoms. The highest BCUT2D eigenvalue weighted by atomic mass is 32.1. The van der Waals surface area contributed by atoms with Crippen molar-refractivity contribution in [1.29, 1.82) is 0 Å². The molecular formula is C37H29FN6O3S. The number of H-pyrrole nitrogens is 1. The lowest BCUT2D eigenvalue weighted by molar-refractivity contribution is 0.0776. The zero-order valence-corrected chi connectivity index (χ0v) is 26.8. The molecule has 1 amide bonds. The van der Waals surface area contributed by atoms with Gasteiger partial charge in [-0.15, -0.1) is 16.4 Å². The molecule has 238 valence electrons. The molecule has 11 heteroatoms. The summed E-state index contributed by atoms with van der Waals surface area (Å²) < 4.78 is 22.5. The monoisotopic (exact) mass is 656 g/mol. The summed E-state index contributed by atoms with van der Waals surface area (Å²) >= 11 is 1.58. The molecule has 2 aliphatic heterocycles. The Labute approximate surface area is 277 Å². The number of halogens is 1. The molecule has 1 fully saturated rings. The standard InChI is InChI=1S/C37H29FN6O3S/c1-43-19-22(24-5-2-3-6-27(24)43)17-26-34-21(14-15-39-26)18-29(48-34)31-30(35-41-42-37(46)47-35)25(13-10-20-8-11-23(38)12-9-20)40-33-28-7-4-16-44(28)36(45)32(31)33/h2-3,5-6,8-9,11-12,14-15,18-19,28H,4,7,10,13,16-17H2,1H3,(H,42,46)/t28-/m1/s1. The van der Waals surface area contributed by atoms with Crippen molar-refractivity contribution in [2.45, 2.75) is 38.1 Å². The van der Waals surface area contributed by atoms with E-state index in [1.165, 1.54) is 23.1 Å². The molecule has 0 radical (unpaired) electrons. The molecule has 2 aromatic carbocycles. The number of aromatic amines is 1. The van der Waals surface area contributed by atoms with Crippen molar-refractivity contribution in [3.63, 3.8) is 0 Å². The second kappa shape index (κ2) is 11.1. The van der Waals surface area contributed by atoms with Crippen LogP contribution in [-0.4, -0.2) is 42.1 Å². The summed E-state index contributed by atoms with van der Waals surface area (Å²) in [5.41, 5.74) is 7.43. The predicted molar refractivity (Wildman–Crippen MR) is 182 cm³/mol. The molecule has 1 atom stereocenters. The Hall–Kier alpha value is -5.42. The van der Waals surface area contributed by atoms with Gasteiger partial charge in [-0.2, -0.15) is 0 Å². The van der Waals surface area contributed by atoms with E-state index < -0.39 is 5.76 Å². The number of pyridine rings is 2. The molecule has 0 unspecified atom stereocenters. The molecule has 5 aromatic heterocycles. The maximum atomic E-state index is 14.2. The third kappa shape index (κ3) is 4.60. The van der Waals surface area contributed by atoms with Crippen LogP contribution in [0.5, 0.6) is 0 Å². The number of nitrogens with one attached hydrogen (secondary N) is 1. The van der Waals surface area contributed by atoms with Crippen molar-refractivity contribution in [2.24, 2.45) is 7.05 Å². The third-order valence-electron chi connectivity index (χ3n) is 9.65. The minimum absolute atomic E-state index is 0.0641. The van der Waals surface area contributed by atoms with Crippen LogP contribution in [0.15, 0.2) is 82.3 Å². The van der Waals surface area contributed by atoms with E-state index in [1.54, 1.807) is 23.5 Å². The van der Waals surface area contributed by atoms with Crippen LogP contribution in [0.1, 0.15) is 57.5 Å². The normalized spacial score (nSPS) is 15.6. The van der Waals surface area contributed by atoms with Crippen LogP contribution in [0.3, 0.4) is 0 Å². The van der Waals surface area contributed by atoms with Crippen molar-refractivity contribution in [3.05, 3.63) is 123 Å². The topological polar surface area (TPSA) is 110 Å². The number of aryl methyl sites for hydroxylation is 3. The zero-order valence-electron chi connectivity index (χ0n) is 26.0. The number of thiophene rings is 1. The molecule has 7 aromatic rings. The van der Waals surface area contributed by atoms with Gasteiger partial charge in [0.25, 0.3) is 11.8 Å². The summed E-state index contributed by atoms with van der Waals surface area (Å²) in [5, 5.41) is 8.86. The number of carbonyl (C=O) groups is 1. The highest BCUT2D eigenvalue weighted by molar-refractivity contribution is 7.22. The fourth-order valence-corrected chi connectivity index (χ4v) is 8.67. The third-order valence-corrected chi connectivity index (χ3v) is 10.9. The fourth-order valence-electron chi connectivity index (χ4n) is 7.47. The van der Waals surface area contributed by atoms with Gasteiger partial charge in [-0.25, -0.2) is 14.3 Å². The number of hydrogen-bond acceptors (Lipinski definition) is 7. The average Bonchev–Trinajstić information content (AvgIpc) is 3.92. The van der Waals surface area contributed by atoms with Crippen molar-refractivity contribution < 1.29 is 13.6 Å². The van der Waals surface area contributed by atoms with E-state index >= 15 is 0 Å². The lowest BCUT2D eigenvalue weighted by Crippen LogP contribution is -2.22. The maximum Gasteiger partial charge on any atom is 0.434 e. The Morgan fingerprint density at radius 1 is 1.02 bits per heavy atom. The average molecular weight is 657 g/mol. The summed E-state index contributed by atoms with van der Waals surface area (Å²) in [5.74, 6) is -0.961. The van der Waals surface area contributed by atoms with E-state index in [1.807, 2.05) is 23.2 Å². The first-order valence-electron chi connectivity index (χ1n) is 16.0. The van der Waals surface area contributed by atoms with Gasteiger partial charge >= 0.3 is 5.76 Å². The van der Waals surface area contributed by atoms with Crippen LogP contribution in [0.4, 0.5) is 4.39 Å². The van der Waals surface area contributed by atoms with E-state index in [0.29, 0.717) is 48.2 Å². The number of carbonyl (C=O) groups excluding carboxylic acids is 1. The van der Waals surface area contributed by atoms with Gasteiger partial charge in [0.1, 0.15) is 5.82 Å². The van der Waals surface area contributed by atoms with Crippen LogP contribution in [0.2, 0.25) is 0 Å². The van der Waals surface area contributed by atoms with Crippen LogP contribution in [0.25, 0.3) is 42.9 Å². The molecule has 48 heavy (non-hydrogen) atoms. The van der Waals surface area contributed by atoms with Crippen LogP contribution in [-0.2, 0) is 26.3 Å². The highest BCUT2D eigenvalue weighted by Gasteiger charge is 2.44. The molecule has 1 saturated heterocycles. The Balaban J connectivity index is 1.24. The minimum Gasteiger partial charge on any atom is -0.388 e. The number of benzene rings is 2. The van der Waals surface area contributed by atoms with Gasteiger partial charge in [-0.3, -0.25) is 14.8 Å². The van der Waals surface area contributed by atoms with E-state index in [4.69, 9.17) is 14.4 Å². The van der Waals surface area contributed by atoms with Crippen molar-refractivity contribution in [3.8, 4) is 21.9 Å². The minimum atomic E-state index is -0.689. The lowest BCUT2D eigenvalue weighted by Gasteiger charge is -2.16.